The minimum absolute atomic E-state index is 0.0739. The summed E-state index contributed by atoms with van der Waals surface area (Å²) < 4.78 is 6.03. The SMILES string of the molecule is CCC(=O)Nc1cccc(NC(=O)c2cc(Br)ccc2OC)c1C. The molecule has 0 aliphatic carbocycles. The summed E-state index contributed by atoms with van der Waals surface area (Å²) >= 11 is 3.36. The molecule has 2 aromatic carbocycles. The van der Waals surface area contributed by atoms with E-state index in [1.165, 1.54) is 7.11 Å². The number of rotatable bonds is 5. The average molecular weight is 391 g/mol. The van der Waals surface area contributed by atoms with Gasteiger partial charge < -0.3 is 15.4 Å². The van der Waals surface area contributed by atoms with E-state index in [0.29, 0.717) is 29.1 Å². The molecule has 2 rings (SSSR count). The van der Waals surface area contributed by atoms with Crippen LogP contribution in [-0.2, 0) is 4.79 Å². The number of amides is 2. The lowest BCUT2D eigenvalue weighted by molar-refractivity contribution is -0.115. The van der Waals surface area contributed by atoms with Gasteiger partial charge in [0.05, 0.1) is 12.7 Å². The zero-order valence-corrected chi connectivity index (χ0v) is 15.4. The minimum Gasteiger partial charge on any atom is -0.496 e. The summed E-state index contributed by atoms with van der Waals surface area (Å²) in [5, 5.41) is 5.69. The molecule has 2 N–H and O–H groups in total. The Kier molecular flexibility index (Phi) is 5.98. The summed E-state index contributed by atoms with van der Waals surface area (Å²) in [4.78, 5) is 24.2. The fourth-order valence-corrected chi connectivity index (χ4v) is 2.55. The highest BCUT2D eigenvalue weighted by Gasteiger charge is 2.15. The first-order valence-electron chi connectivity index (χ1n) is 7.50. The molecular formula is C18H19BrN2O3. The molecule has 5 nitrogen and oxygen atoms in total. The molecule has 0 unspecified atom stereocenters. The third-order valence-electron chi connectivity index (χ3n) is 3.58. The van der Waals surface area contributed by atoms with Crippen LogP contribution in [0.2, 0.25) is 0 Å². The van der Waals surface area contributed by atoms with Crippen LogP contribution in [0.1, 0.15) is 29.3 Å². The Labute approximate surface area is 149 Å². The first kappa shape index (κ1) is 18.0. The standard InChI is InChI=1S/C18H19BrN2O3/c1-4-17(22)20-14-6-5-7-15(11(14)2)21-18(23)13-10-12(19)8-9-16(13)24-3/h5-10H,4H2,1-3H3,(H,20,22)(H,21,23). The maximum atomic E-state index is 12.6. The van der Waals surface area contributed by atoms with E-state index in [-0.39, 0.29) is 11.8 Å². The molecule has 0 fully saturated rings. The number of carbonyl (C=O) groups excluding carboxylic acids is 2. The van der Waals surface area contributed by atoms with Gasteiger partial charge in [0.15, 0.2) is 0 Å². The molecule has 24 heavy (non-hydrogen) atoms. The molecule has 0 saturated carbocycles. The fourth-order valence-electron chi connectivity index (χ4n) is 2.19. The summed E-state index contributed by atoms with van der Waals surface area (Å²) in [6, 6.07) is 10.6. The predicted molar refractivity (Wildman–Crippen MR) is 98.7 cm³/mol. The Morgan fingerprint density at radius 2 is 1.79 bits per heavy atom. The highest BCUT2D eigenvalue weighted by atomic mass is 79.9. The van der Waals surface area contributed by atoms with Gasteiger partial charge in [-0.05, 0) is 42.8 Å². The molecule has 0 atom stereocenters. The quantitative estimate of drug-likeness (QED) is 0.796. The normalized spacial score (nSPS) is 10.2. The maximum Gasteiger partial charge on any atom is 0.259 e. The number of ether oxygens (including phenoxy) is 1. The number of nitrogens with one attached hydrogen (secondary N) is 2. The molecular weight excluding hydrogens is 372 g/mol. The van der Waals surface area contributed by atoms with Crippen molar-refractivity contribution < 1.29 is 14.3 Å². The monoisotopic (exact) mass is 390 g/mol. The van der Waals surface area contributed by atoms with Gasteiger partial charge in [-0.15, -0.1) is 0 Å². The van der Waals surface area contributed by atoms with Crippen LogP contribution < -0.4 is 15.4 Å². The molecule has 2 aromatic rings. The van der Waals surface area contributed by atoms with E-state index in [9.17, 15) is 9.59 Å². The molecule has 0 bridgehead atoms. The lowest BCUT2D eigenvalue weighted by atomic mass is 10.1. The summed E-state index contributed by atoms with van der Waals surface area (Å²) in [6.07, 6.45) is 0.394. The fraction of sp³-hybridized carbons (Fsp3) is 0.222. The maximum absolute atomic E-state index is 12.6. The van der Waals surface area contributed by atoms with Crippen LogP contribution in [0, 0.1) is 6.92 Å². The van der Waals surface area contributed by atoms with E-state index in [1.807, 2.05) is 13.0 Å². The molecule has 6 heteroatoms. The highest BCUT2D eigenvalue weighted by Crippen LogP contribution is 2.27. The van der Waals surface area contributed by atoms with Gasteiger partial charge in [0.25, 0.3) is 5.91 Å². The summed E-state index contributed by atoms with van der Waals surface area (Å²) in [6.45, 7) is 3.63. The van der Waals surface area contributed by atoms with Crippen molar-refractivity contribution in [2.24, 2.45) is 0 Å². The number of halogens is 1. The molecule has 0 spiro atoms. The lowest BCUT2D eigenvalue weighted by Gasteiger charge is -2.14. The second-order valence-electron chi connectivity index (χ2n) is 5.18. The topological polar surface area (TPSA) is 67.4 Å². The van der Waals surface area contributed by atoms with Gasteiger partial charge in [0.1, 0.15) is 5.75 Å². The van der Waals surface area contributed by atoms with Crippen molar-refractivity contribution in [3.63, 3.8) is 0 Å². The van der Waals surface area contributed by atoms with Crippen LogP contribution in [-0.4, -0.2) is 18.9 Å². The van der Waals surface area contributed by atoms with E-state index in [2.05, 4.69) is 26.6 Å². The largest absolute Gasteiger partial charge is 0.496 e. The van der Waals surface area contributed by atoms with Gasteiger partial charge in [-0.3, -0.25) is 9.59 Å². The Hall–Kier alpha value is -2.34. The number of methoxy groups -OCH3 is 1. The molecule has 0 heterocycles. The van der Waals surface area contributed by atoms with E-state index in [4.69, 9.17) is 4.74 Å². The number of hydrogen-bond acceptors (Lipinski definition) is 3. The van der Waals surface area contributed by atoms with Gasteiger partial charge in [-0.1, -0.05) is 28.9 Å². The van der Waals surface area contributed by atoms with Crippen LogP contribution in [0.5, 0.6) is 5.75 Å². The van der Waals surface area contributed by atoms with Gasteiger partial charge >= 0.3 is 0 Å². The third-order valence-corrected chi connectivity index (χ3v) is 4.08. The first-order valence-corrected chi connectivity index (χ1v) is 8.30. The molecule has 0 radical (unpaired) electrons. The van der Waals surface area contributed by atoms with Crippen LogP contribution in [0.15, 0.2) is 40.9 Å². The van der Waals surface area contributed by atoms with Gasteiger partial charge in [-0.25, -0.2) is 0 Å². The number of carbonyl (C=O) groups is 2. The van der Waals surface area contributed by atoms with Gasteiger partial charge in [0.2, 0.25) is 5.91 Å². The van der Waals surface area contributed by atoms with E-state index < -0.39 is 0 Å². The first-order chi connectivity index (χ1) is 11.5. The van der Waals surface area contributed by atoms with Crippen molar-refractivity contribution >= 4 is 39.1 Å². The van der Waals surface area contributed by atoms with Crippen molar-refractivity contribution in [1.29, 1.82) is 0 Å². The van der Waals surface area contributed by atoms with Crippen LogP contribution in [0.25, 0.3) is 0 Å². The molecule has 0 saturated heterocycles. The van der Waals surface area contributed by atoms with E-state index >= 15 is 0 Å². The van der Waals surface area contributed by atoms with Crippen LogP contribution in [0.4, 0.5) is 11.4 Å². The van der Waals surface area contributed by atoms with Gasteiger partial charge in [0, 0.05) is 22.3 Å². The van der Waals surface area contributed by atoms with Crippen LogP contribution >= 0.6 is 15.9 Å². The second-order valence-corrected chi connectivity index (χ2v) is 6.09. The lowest BCUT2D eigenvalue weighted by Crippen LogP contribution is -2.15. The van der Waals surface area contributed by atoms with E-state index in [0.717, 1.165) is 10.0 Å². The summed E-state index contributed by atoms with van der Waals surface area (Å²) in [7, 11) is 1.52. The smallest absolute Gasteiger partial charge is 0.259 e. The average Bonchev–Trinajstić information content (AvgIpc) is 2.58. The third kappa shape index (κ3) is 4.14. The summed E-state index contributed by atoms with van der Waals surface area (Å²) in [5.41, 5.74) is 2.53. The van der Waals surface area contributed by atoms with Crippen molar-refractivity contribution in [2.45, 2.75) is 20.3 Å². The Bertz CT molecular complexity index is 775. The van der Waals surface area contributed by atoms with Crippen LogP contribution in [0.3, 0.4) is 0 Å². The minimum atomic E-state index is -0.282. The Morgan fingerprint density at radius 3 is 2.42 bits per heavy atom. The van der Waals surface area contributed by atoms with Gasteiger partial charge in [-0.2, -0.15) is 0 Å². The Morgan fingerprint density at radius 1 is 1.12 bits per heavy atom. The Balaban J connectivity index is 2.28. The van der Waals surface area contributed by atoms with Crippen molar-refractivity contribution in [1.82, 2.24) is 0 Å². The summed E-state index contributed by atoms with van der Waals surface area (Å²) in [5.74, 6) is 0.134. The number of hydrogen-bond donors (Lipinski definition) is 2. The molecule has 0 aliphatic rings. The second kappa shape index (κ2) is 7.97. The van der Waals surface area contributed by atoms with Crippen molar-refractivity contribution in [3.8, 4) is 5.75 Å². The number of benzene rings is 2. The number of anilines is 2. The molecule has 0 aliphatic heterocycles. The molecule has 0 aromatic heterocycles. The van der Waals surface area contributed by atoms with Crippen molar-refractivity contribution in [2.75, 3.05) is 17.7 Å². The predicted octanol–water partition coefficient (Wildman–Crippen LogP) is 4.37. The molecule has 2 amide bonds. The molecule has 126 valence electrons. The zero-order chi connectivity index (χ0) is 17.7. The van der Waals surface area contributed by atoms with Crippen molar-refractivity contribution in [3.05, 3.63) is 52.0 Å². The highest BCUT2D eigenvalue weighted by molar-refractivity contribution is 9.10. The zero-order valence-electron chi connectivity index (χ0n) is 13.8. The van der Waals surface area contributed by atoms with E-state index in [1.54, 1.807) is 37.3 Å².